The van der Waals surface area contributed by atoms with E-state index in [4.69, 9.17) is 9.47 Å². The summed E-state index contributed by atoms with van der Waals surface area (Å²) in [5, 5.41) is 10.6. The molecule has 40 heavy (non-hydrogen) atoms. The maximum Gasteiger partial charge on any atom is 0.201 e. The fraction of sp³-hybridized carbons (Fsp3) is 0.588. The van der Waals surface area contributed by atoms with Crippen LogP contribution >= 0.6 is 0 Å². The molecule has 6 heteroatoms. The van der Waals surface area contributed by atoms with Gasteiger partial charge in [-0.3, -0.25) is 9.59 Å². The van der Waals surface area contributed by atoms with Crippen molar-refractivity contribution in [2.24, 2.45) is 0 Å². The summed E-state index contributed by atoms with van der Waals surface area (Å²) in [6, 6.07) is 6.68. The Morgan fingerprint density at radius 1 is 0.675 bits per heavy atom. The number of phenols is 1. The van der Waals surface area contributed by atoms with Crippen LogP contribution in [0, 0.1) is 0 Å². The molecular weight excluding hydrogens is 502 g/mol. The molecule has 0 radical (unpaired) electrons. The molecule has 0 aliphatic heterocycles. The molecule has 1 N–H and O–H groups in total. The van der Waals surface area contributed by atoms with Crippen LogP contribution in [0.2, 0.25) is 0 Å². The molecule has 1 aliphatic rings. The van der Waals surface area contributed by atoms with Crippen LogP contribution in [0.1, 0.15) is 128 Å². The van der Waals surface area contributed by atoms with E-state index in [2.05, 4.69) is 20.9 Å². The molecule has 220 valence electrons. The molecule has 2 aromatic rings. The Morgan fingerprint density at radius 2 is 1.23 bits per heavy atom. The van der Waals surface area contributed by atoms with Gasteiger partial charge in [0.05, 0.1) is 45.5 Å². The minimum Gasteiger partial charge on any atom is -0.507 e. The Hall–Kier alpha value is -2.86. The molecule has 6 nitrogen and oxygen atoms in total. The highest BCUT2D eigenvalue weighted by molar-refractivity contribution is 6.30. The maximum absolute atomic E-state index is 13.7. The molecule has 0 bridgehead atoms. The van der Waals surface area contributed by atoms with Crippen molar-refractivity contribution in [1.29, 1.82) is 0 Å². The molecule has 0 heterocycles. The second-order valence-corrected chi connectivity index (χ2v) is 11.7. The van der Waals surface area contributed by atoms with Crippen LogP contribution in [-0.2, 0) is 6.54 Å². The number of carbonyl (C=O) groups excluding carboxylic acids is 2. The van der Waals surface area contributed by atoms with Gasteiger partial charge in [-0.2, -0.15) is 0 Å². The largest absolute Gasteiger partial charge is 0.507 e. The van der Waals surface area contributed by atoms with E-state index in [-0.39, 0.29) is 28.2 Å². The normalized spacial score (nSPS) is 12.8. The topological polar surface area (TPSA) is 72.8 Å². The zero-order valence-corrected chi connectivity index (χ0v) is 25.4. The van der Waals surface area contributed by atoms with Gasteiger partial charge in [-0.15, -0.1) is 0 Å². The molecule has 3 rings (SSSR count). The number of methoxy groups -OCH3 is 2. The van der Waals surface area contributed by atoms with Gasteiger partial charge in [-0.1, -0.05) is 65.2 Å². The van der Waals surface area contributed by atoms with E-state index in [1.165, 1.54) is 103 Å². The lowest BCUT2D eigenvalue weighted by atomic mass is 9.82. The number of aromatic hydroxyl groups is 1. The second kappa shape index (κ2) is 15.2. The van der Waals surface area contributed by atoms with E-state index in [9.17, 15) is 14.7 Å². The number of rotatable bonds is 18. The van der Waals surface area contributed by atoms with Crippen molar-refractivity contribution in [1.82, 2.24) is 0 Å². The molecule has 0 saturated heterocycles. The molecule has 2 aromatic carbocycles. The smallest absolute Gasteiger partial charge is 0.201 e. The van der Waals surface area contributed by atoms with Gasteiger partial charge in [-0.25, -0.2) is 0 Å². The average Bonchev–Trinajstić information content (AvgIpc) is 2.94. The Morgan fingerprint density at radius 3 is 1.77 bits per heavy atom. The van der Waals surface area contributed by atoms with Crippen LogP contribution < -0.4 is 9.47 Å². The predicted molar refractivity (Wildman–Crippen MR) is 161 cm³/mol. The monoisotopic (exact) mass is 552 g/mol. The van der Waals surface area contributed by atoms with Crippen LogP contribution in [-0.4, -0.2) is 55.5 Å². The summed E-state index contributed by atoms with van der Waals surface area (Å²) in [4.78, 5) is 27.2. The highest BCUT2D eigenvalue weighted by Gasteiger charge is 2.36. The van der Waals surface area contributed by atoms with E-state index in [0.29, 0.717) is 17.1 Å². The van der Waals surface area contributed by atoms with Crippen molar-refractivity contribution in [2.45, 2.75) is 97.4 Å². The van der Waals surface area contributed by atoms with Gasteiger partial charge in [0.1, 0.15) is 23.8 Å². The minimum atomic E-state index is -0.399. The van der Waals surface area contributed by atoms with Gasteiger partial charge in [0.25, 0.3) is 0 Å². The molecule has 0 aromatic heterocycles. The molecular formula is C34H50NO5+. The van der Waals surface area contributed by atoms with Crippen LogP contribution in [0.25, 0.3) is 0 Å². The Labute approximate surface area is 241 Å². The van der Waals surface area contributed by atoms with Crippen LogP contribution in [0.3, 0.4) is 0 Å². The van der Waals surface area contributed by atoms with Gasteiger partial charge < -0.3 is 19.1 Å². The first-order valence-corrected chi connectivity index (χ1v) is 15.3. The average molecular weight is 553 g/mol. The number of phenolic OH excluding ortho intramolecular Hbond substituents is 1. The molecule has 0 amide bonds. The molecule has 0 saturated carbocycles. The predicted octanol–water partition coefficient (Wildman–Crippen LogP) is 7.85. The third kappa shape index (κ3) is 7.87. The van der Waals surface area contributed by atoms with E-state index in [1.807, 2.05) is 12.1 Å². The van der Waals surface area contributed by atoms with Crippen LogP contribution in [0.4, 0.5) is 0 Å². The maximum atomic E-state index is 13.7. The summed E-state index contributed by atoms with van der Waals surface area (Å²) in [7, 11) is 5.33. The summed E-state index contributed by atoms with van der Waals surface area (Å²) in [5.41, 5.74) is 1.74. The zero-order valence-electron chi connectivity index (χ0n) is 25.4. The Balaban J connectivity index is 1.86. The van der Waals surface area contributed by atoms with Crippen molar-refractivity contribution in [3.05, 3.63) is 52.1 Å². The standard InChI is InChI=1S/C34H49NO5/c1-6-8-10-12-14-16-18-35(3,19-17-15-13-11-9-7-2)24-25-20-27-32(30(21-25)40-5)34(38)31-28(33(27)37)22-26(39-4)23-29(31)36/h20-23H,6-19,24H2,1-5H3/p+1. The van der Waals surface area contributed by atoms with Gasteiger partial charge in [0.2, 0.25) is 5.78 Å². The number of carbonyl (C=O) groups is 2. The molecule has 0 atom stereocenters. The van der Waals surface area contributed by atoms with E-state index in [0.717, 1.165) is 29.7 Å². The molecule has 0 unspecified atom stereocenters. The van der Waals surface area contributed by atoms with Crippen LogP contribution in [0.5, 0.6) is 17.2 Å². The fourth-order valence-electron chi connectivity index (χ4n) is 6.00. The number of ketones is 2. The van der Waals surface area contributed by atoms with Crippen LogP contribution in [0.15, 0.2) is 24.3 Å². The Kier molecular flexibility index (Phi) is 12.1. The summed E-state index contributed by atoms with van der Waals surface area (Å²) in [5.74, 6) is -0.223. The lowest BCUT2D eigenvalue weighted by Crippen LogP contribution is -2.45. The van der Waals surface area contributed by atoms with Crippen molar-refractivity contribution in [3.8, 4) is 17.2 Å². The van der Waals surface area contributed by atoms with Gasteiger partial charge >= 0.3 is 0 Å². The van der Waals surface area contributed by atoms with E-state index >= 15 is 0 Å². The van der Waals surface area contributed by atoms with Gasteiger partial charge in [0, 0.05) is 22.8 Å². The third-order valence-electron chi connectivity index (χ3n) is 8.32. The first kappa shape index (κ1) is 31.7. The van der Waals surface area contributed by atoms with Crippen molar-refractivity contribution >= 4 is 11.6 Å². The summed E-state index contributed by atoms with van der Waals surface area (Å²) >= 11 is 0. The van der Waals surface area contributed by atoms with Crippen molar-refractivity contribution < 1.29 is 28.7 Å². The number of hydrogen-bond donors (Lipinski definition) is 1. The van der Waals surface area contributed by atoms with Crippen molar-refractivity contribution in [2.75, 3.05) is 34.4 Å². The molecule has 1 aliphatic carbocycles. The number of quaternary nitrogens is 1. The first-order valence-electron chi connectivity index (χ1n) is 15.3. The highest BCUT2D eigenvalue weighted by Crippen LogP contribution is 2.40. The summed E-state index contributed by atoms with van der Waals surface area (Å²) in [6.45, 7) is 7.43. The molecule has 0 fully saturated rings. The second-order valence-electron chi connectivity index (χ2n) is 11.7. The summed E-state index contributed by atoms with van der Waals surface area (Å²) < 4.78 is 11.8. The number of fused-ring (bicyclic) bond motifs is 2. The number of unbranched alkanes of at least 4 members (excludes halogenated alkanes) is 10. The lowest BCUT2D eigenvalue weighted by molar-refractivity contribution is -0.923. The first-order chi connectivity index (χ1) is 19.3. The number of nitrogens with zero attached hydrogens (tertiary/aromatic N) is 1. The Bertz CT molecular complexity index is 1140. The van der Waals surface area contributed by atoms with E-state index < -0.39 is 5.78 Å². The third-order valence-corrected chi connectivity index (χ3v) is 8.32. The lowest BCUT2D eigenvalue weighted by Gasteiger charge is -2.35. The van der Waals surface area contributed by atoms with E-state index in [1.54, 1.807) is 0 Å². The highest BCUT2D eigenvalue weighted by atomic mass is 16.5. The minimum absolute atomic E-state index is 0.0103. The van der Waals surface area contributed by atoms with Crippen molar-refractivity contribution in [3.63, 3.8) is 0 Å². The van der Waals surface area contributed by atoms with Gasteiger partial charge in [-0.05, 0) is 43.9 Å². The number of benzene rings is 2. The number of ether oxygens (including phenoxy) is 2. The van der Waals surface area contributed by atoms with Gasteiger partial charge in [0.15, 0.2) is 5.78 Å². The zero-order chi connectivity index (χ0) is 29.1. The SMILES string of the molecule is CCCCCCCC[N+](C)(CCCCCCCC)Cc1cc(OC)c2c(c1)C(=O)c1cc(OC)cc(O)c1C2=O. The quantitative estimate of drug-likeness (QED) is 0.128. The molecule has 0 spiro atoms. The fourth-order valence-corrected chi connectivity index (χ4v) is 6.00. The summed E-state index contributed by atoms with van der Waals surface area (Å²) in [6.07, 6.45) is 15.1. The number of hydrogen-bond acceptors (Lipinski definition) is 5.